The maximum Gasteiger partial charge on any atom is 0.188 e. The van der Waals surface area contributed by atoms with Gasteiger partial charge < -0.3 is 0 Å². The van der Waals surface area contributed by atoms with Crippen LogP contribution < -0.4 is 0 Å². The Labute approximate surface area is 197 Å². The van der Waals surface area contributed by atoms with Crippen molar-refractivity contribution in [2.45, 2.75) is 46.8 Å². The van der Waals surface area contributed by atoms with E-state index in [4.69, 9.17) is 116 Å². The molecule has 0 heterocycles. The maximum absolute atomic E-state index is 6.99. The van der Waals surface area contributed by atoms with Crippen LogP contribution in [0.2, 0.25) is 0 Å². The Morgan fingerprint density at radius 2 is 1.16 bits per heavy atom. The fourth-order valence-corrected chi connectivity index (χ4v) is 7.49. The van der Waals surface area contributed by atoms with Crippen molar-refractivity contribution in [3.8, 4) is 0 Å². The Balaban J connectivity index is 2.82. The van der Waals surface area contributed by atoms with E-state index in [-0.39, 0.29) is 0 Å². The molecule has 1 aliphatic carbocycles. The molecular formula is C15H12Cl10. The maximum atomic E-state index is 6.99. The van der Waals surface area contributed by atoms with Crippen LogP contribution >= 0.6 is 116 Å². The molecule has 2 atom stereocenters. The number of hydrogen-bond acceptors (Lipinski definition) is 0. The van der Waals surface area contributed by atoms with Crippen molar-refractivity contribution < 1.29 is 0 Å². The third kappa shape index (κ3) is 2.84. The predicted molar refractivity (Wildman–Crippen MR) is 115 cm³/mol. The molecule has 0 aromatic heterocycles. The van der Waals surface area contributed by atoms with E-state index in [0.29, 0.717) is 0 Å². The Morgan fingerprint density at radius 1 is 0.720 bits per heavy atom. The number of benzene rings is 1. The highest BCUT2D eigenvalue weighted by atomic mass is 35.6. The summed E-state index contributed by atoms with van der Waals surface area (Å²) >= 11 is 65.0. The quantitative estimate of drug-likeness (QED) is 0.328. The molecule has 0 amide bonds. The van der Waals surface area contributed by atoms with Crippen LogP contribution in [-0.4, -0.2) is 27.6 Å². The fraction of sp³-hybridized carbons (Fsp3) is 0.600. The predicted octanol–water partition coefficient (Wildman–Crippen LogP) is 8.26. The zero-order valence-electron chi connectivity index (χ0n) is 12.7. The van der Waals surface area contributed by atoms with Crippen molar-refractivity contribution in [3.05, 3.63) is 35.9 Å². The minimum atomic E-state index is -2.27. The molecule has 0 spiro atoms. The number of rotatable bonds is 2. The molecule has 1 saturated carbocycles. The molecule has 10 heteroatoms. The van der Waals surface area contributed by atoms with E-state index in [1.807, 2.05) is 30.3 Å². The smallest absolute Gasteiger partial charge is 0.118 e. The average Bonchev–Trinajstić information content (AvgIpc) is 2.52. The topological polar surface area (TPSA) is 0 Å². The SMILES string of the molecule is CC(C)(c1ccccc1)C1(Cl)C(Cl)C(Cl)(Cl)C(Cl)(Cl)C(Cl)(Cl)C1(Cl)Cl. The van der Waals surface area contributed by atoms with E-state index in [1.165, 1.54) is 0 Å². The minimum Gasteiger partial charge on any atom is -0.118 e. The summed E-state index contributed by atoms with van der Waals surface area (Å²) in [7, 11) is 0. The van der Waals surface area contributed by atoms with Gasteiger partial charge in [-0.25, -0.2) is 0 Å². The molecule has 2 rings (SSSR count). The van der Waals surface area contributed by atoms with Gasteiger partial charge in [0.15, 0.2) is 17.3 Å². The summed E-state index contributed by atoms with van der Waals surface area (Å²) in [5.41, 5.74) is -0.244. The monoisotopic (exact) mass is 542 g/mol. The molecule has 1 aliphatic rings. The summed E-state index contributed by atoms with van der Waals surface area (Å²) in [6.45, 7) is 3.54. The lowest BCUT2D eigenvalue weighted by molar-refractivity contribution is 0.232. The summed E-state index contributed by atoms with van der Waals surface area (Å²) in [5, 5.41) is -1.34. The van der Waals surface area contributed by atoms with Gasteiger partial charge in [0.2, 0.25) is 0 Å². The molecule has 0 bridgehead atoms. The van der Waals surface area contributed by atoms with Crippen LogP contribution in [0, 0.1) is 0 Å². The lowest BCUT2D eigenvalue weighted by atomic mass is 9.65. The lowest BCUT2D eigenvalue weighted by Gasteiger charge is -2.64. The fourth-order valence-electron chi connectivity index (χ4n) is 2.98. The first-order chi connectivity index (χ1) is 11.0. The average molecular weight is 547 g/mol. The van der Waals surface area contributed by atoms with Crippen LogP contribution in [-0.2, 0) is 5.41 Å². The third-order valence-corrected chi connectivity index (χ3v) is 12.5. The Hall–Kier alpha value is 2.12. The van der Waals surface area contributed by atoms with E-state index in [9.17, 15) is 0 Å². The molecule has 2 unspecified atom stereocenters. The van der Waals surface area contributed by atoms with Gasteiger partial charge in [0.25, 0.3) is 0 Å². The highest BCUT2D eigenvalue weighted by Gasteiger charge is 2.85. The minimum absolute atomic E-state index is 0.756. The largest absolute Gasteiger partial charge is 0.188 e. The van der Waals surface area contributed by atoms with Gasteiger partial charge in [0, 0.05) is 5.41 Å². The summed E-state index contributed by atoms with van der Waals surface area (Å²) in [6.07, 6.45) is 0. The summed E-state index contributed by atoms with van der Waals surface area (Å²) in [5.74, 6) is 0. The van der Waals surface area contributed by atoms with Gasteiger partial charge in [-0.15, -0.1) is 23.2 Å². The Morgan fingerprint density at radius 3 is 1.60 bits per heavy atom. The van der Waals surface area contributed by atoms with E-state index in [0.717, 1.165) is 5.56 Å². The van der Waals surface area contributed by atoms with Crippen LogP contribution in [0.3, 0.4) is 0 Å². The summed E-state index contributed by atoms with van der Waals surface area (Å²) in [4.78, 5) is -1.77. The van der Waals surface area contributed by atoms with Gasteiger partial charge in [0.05, 0.1) is 5.38 Å². The molecule has 1 fully saturated rings. The molecule has 0 aliphatic heterocycles. The van der Waals surface area contributed by atoms with E-state index in [1.54, 1.807) is 13.8 Å². The Bertz CT molecular complexity index is 652. The highest BCUT2D eigenvalue weighted by Crippen LogP contribution is 2.75. The zero-order valence-corrected chi connectivity index (χ0v) is 20.3. The second kappa shape index (κ2) is 6.83. The third-order valence-electron chi connectivity index (χ3n) is 4.74. The highest BCUT2D eigenvalue weighted by molar-refractivity contribution is 6.77. The first-order valence-corrected chi connectivity index (χ1v) is 10.7. The van der Waals surface area contributed by atoms with Gasteiger partial charge >= 0.3 is 0 Å². The second-order valence-electron chi connectivity index (χ2n) is 6.41. The summed E-state index contributed by atoms with van der Waals surface area (Å²) in [6, 6.07) is 9.15. The number of alkyl halides is 10. The molecule has 142 valence electrons. The summed E-state index contributed by atoms with van der Waals surface area (Å²) < 4.78 is -8.72. The molecule has 1 aromatic rings. The van der Waals surface area contributed by atoms with E-state index in [2.05, 4.69) is 0 Å². The van der Waals surface area contributed by atoms with Crippen LogP contribution in [0.25, 0.3) is 0 Å². The van der Waals surface area contributed by atoms with Crippen LogP contribution in [0.5, 0.6) is 0 Å². The van der Waals surface area contributed by atoms with E-state index >= 15 is 0 Å². The van der Waals surface area contributed by atoms with Gasteiger partial charge in [-0.1, -0.05) is 137 Å². The van der Waals surface area contributed by atoms with Crippen molar-refractivity contribution in [3.63, 3.8) is 0 Å². The van der Waals surface area contributed by atoms with Gasteiger partial charge in [0.1, 0.15) is 4.87 Å². The van der Waals surface area contributed by atoms with Gasteiger partial charge in [-0.2, -0.15) is 0 Å². The number of halogens is 10. The molecule has 0 nitrogen and oxygen atoms in total. The molecule has 0 saturated heterocycles. The zero-order chi connectivity index (χ0) is 19.7. The Kier molecular flexibility index (Phi) is 6.39. The van der Waals surface area contributed by atoms with Gasteiger partial charge in [-0.3, -0.25) is 0 Å². The van der Waals surface area contributed by atoms with Crippen molar-refractivity contribution in [2.75, 3.05) is 0 Å². The van der Waals surface area contributed by atoms with E-state index < -0.39 is 33.0 Å². The van der Waals surface area contributed by atoms with Crippen LogP contribution in [0.4, 0.5) is 0 Å². The van der Waals surface area contributed by atoms with Crippen molar-refractivity contribution in [2.24, 2.45) is 0 Å². The van der Waals surface area contributed by atoms with Crippen LogP contribution in [0.15, 0.2) is 30.3 Å². The second-order valence-corrected chi connectivity index (χ2v) is 12.8. The molecule has 1 aromatic carbocycles. The molecule has 0 radical (unpaired) electrons. The lowest BCUT2D eigenvalue weighted by Crippen LogP contribution is -2.80. The standard InChI is InChI=1S/C15H12Cl10/c1-10(2,8-6-4-3-5-7-8)11(17)9(16)12(18,19)14(22,23)15(24,25)13(11,20)21/h3-7,9H,1-2H3. The van der Waals surface area contributed by atoms with Crippen molar-refractivity contribution >= 4 is 116 Å². The molecule has 25 heavy (non-hydrogen) atoms. The molecule has 0 N–H and O–H groups in total. The number of hydrogen-bond donors (Lipinski definition) is 0. The normalized spacial score (nSPS) is 33.0. The van der Waals surface area contributed by atoms with Crippen molar-refractivity contribution in [1.82, 2.24) is 0 Å². The van der Waals surface area contributed by atoms with Crippen molar-refractivity contribution in [1.29, 1.82) is 0 Å². The van der Waals surface area contributed by atoms with Crippen LogP contribution in [0.1, 0.15) is 19.4 Å². The van der Waals surface area contributed by atoms with Gasteiger partial charge in [-0.05, 0) is 5.56 Å². The first-order valence-electron chi connectivity index (χ1n) is 6.91. The molecular weight excluding hydrogens is 535 g/mol. The first kappa shape index (κ1) is 23.4.